The van der Waals surface area contributed by atoms with Crippen molar-refractivity contribution in [2.75, 3.05) is 13.7 Å². The molecule has 168 valence electrons. The summed E-state index contributed by atoms with van der Waals surface area (Å²) in [6.45, 7) is 3.75. The number of benzene rings is 2. The fourth-order valence-corrected chi connectivity index (χ4v) is 3.94. The summed E-state index contributed by atoms with van der Waals surface area (Å²) >= 11 is 6.82. The topological polar surface area (TPSA) is 109 Å². The van der Waals surface area contributed by atoms with Crippen molar-refractivity contribution in [3.8, 4) is 11.5 Å². The molecule has 32 heavy (non-hydrogen) atoms. The third-order valence-electron chi connectivity index (χ3n) is 4.82. The zero-order chi connectivity index (χ0) is 23.4. The van der Waals surface area contributed by atoms with Crippen molar-refractivity contribution in [3.05, 3.63) is 61.0 Å². The number of hydrogen-bond donors (Lipinski definition) is 1. The van der Waals surface area contributed by atoms with Gasteiger partial charge in [0.15, 0.2) is 18.1 Å². The zero-order valence-electron chi connectivity index (χ0n) is 17.8. The summed E-state index contributed by atoms with van der Waals surface area (Å²) in [6.07, 6.45) is 2.35. The Kier molecular flexibility index (Phi) is 7.68. The van der Waals surface area contributed by atoms with Gasteiger partial charge in [0.05, 0.1) is 28.7 Å². The number of fused-ring (bicyclic) bond motifs is 1. The Balaban J connectivity index is 2.09. The molecule has 0 radical (unpaired) electrons. The molecule has 2 N–H and O–H groups in total. The van der Waals surface area contributed by atoms with Crippen molar-refractivity contribution in [1.82, 2.24) is 9.66 Å². The predicted octanol–water partition coefficient (Wildman–Crippen LogP) is 4.19. The maximum atomic E-state index is 13.2. The van der Waals surface area contributed by atoms with Crippen molar-refractivity contribution >= 4 is 54.9 Å². The SMILES string of the molecule is CC[C@@H](C)c1nc2ccc(Br)cc2c(=O)n1N=Cc1cc(Br)c(OCC(N)=O)c(OC)c1. The standard InChI is InChI=1S/C22H22Br2N4O4/c1-4-12(2)21-27-17-6-5-14(23)9-15(17)22(30)28(21)26-10-13-7-16(24)20(18(8-13)31-3)32-11-19(25)29/h5-10,12H,4,11H2,1-3H3,(H2,25,29)/t12-/m1/s1. The number of carbonyl (C=O) groups excluding carboxylic acids is 1. The lowest BCUT2D eigenvalue weighted by Gasteiger charge is -2.14. The van der Waals surface area contributed by atoms with Crippen LogP contribution in [-0.4, -0.2) is 35.5 Å². The van der Waals surface area contributed by atoms with Crippen molar-refractivity contribution in [2.45, 2.75) is 26.2 Å². The van der Waals surface area contributed by atoms with Gasteiger partial charge in [0.1, 0.15) is 5.82 Å². The summed E-state index contributed by atoms with van der Waals surface area (Å²) in [5.41, 5.74) is 6.17. The molecule has 1 atom stereocenters. The summed E-state index contributed by atoms with van der Waals surface area (Å²) in [4.78, 5) is 29.0. The number of carbonyl (C=O) groups is 1. The van der Waals surface area contributed by atoms with Crippen molar-refractivity contribution < 1.29 is 14.3 Å². The molecule has 1 aromatic heterocycles. The summed E-state index contributed by atoms with van der Waals surface area (Å²) in [5, 5.41) is 4.93. The first-order chi connectivity index (χ1) is 15.2. The summed E-state index contributed by atoms with van der Waals surface area (Å²) in [6, 6.07) is 8.83. The van der Waals surface area contributed by atoms with Crippen LogP contribution in [-0.2, 0) is 4.79 Å². The highest BCUT2D eigenvalue weighted by Gasteiger charge is 2.16. The maximum absolute atomic E-state index is 13.2. The van der Waals surface area contributed by atoms with Gasteiger partial charge < -0.3 is 15.2 Å². The minimum Gasteiger partial charge on any atom is -0.493 e. The average Bonchev–Trinajstić information content (AvgIpc) is 2.76. The molecule has 2 aromatic carbocycles. The van der Waals surface area contributed by atoms with E-state index < -0.39 is 5.91 Å². The van der Waals surface area contributed by atoms with Gasteiger partial charge in [-0.05, 0) is 58.2 Å². The van der Waals surface area contributed by atoms with E-state index in [4.69, 9.17) is 20.2 Å². The average molecular weight is 566 g/mol. The minimum atomic E-state index is -0.600. The lowest BCUT2D eigenvalue weighted by Crippen LogP contribution is -2.23. The second kappa shape index (κ2) is 10.3. The van der Waals surface area contributed by atoms with Crippen LogP contribution in [0.5, 0.6) is 11.5 Å². The van der Waals surface area contributed by atoms with E-state index in [1.54, 1.807) is 24.4 Å². The van der Waals surface area contributed by atoms with E-state index >= 15 is 0 Å². The Morgan fingerprint density at radius 1 is 1.31 bits per heavy atom. The largest absolute Gasteiger partial charge is 0.493 e. The molecule has 0 unspecified atom stereocenters. The first-order valence-corrected chi connectivity index (χ1v) is 11.4. The summed E-state index contributed by atoms with van der Waals surface area (Å²) in [7, 11) is 1.48. The second-order valence-corrected chi connectivity index (χ2v) is 8.86. The Morgan fingerprint density at radius 2 is 2.06 bits per heavy atom. The monoisotopic (exact) mass is 564 g/mol. The van der Waals surface area contributed by atoms with Crippen LogP contribution in [0.1, 0.15) is 37.6 Å². The molecule has 0 saturated heterocycles. The zero-order valence-corrected chi connectivity index (χ0v) is 20.9. The fraction of sp³-hybridized carbons (Fsp3) is 0.273. The minimum absolute atomic E-state index is 0.0266. The van der Waals surface area contributed by atoms with Crippen LogP contribution in [0.4, 0.5) is 0 Å². The first-order valence-electron chi connectivity index (χ1n) is 9.80. The smallest absolute Gasteiger partial charge is 0.282 e. The molecule has 0 aliphatic rings. The number of ether oxygens (including phenoxy) is 2. The van der Waals surface area contributed by atoms with E-state index in [-0.39, 0.29) is 18.1 Å². The highest BCUT2D eigenvalue weighted by Crippen LogP contribution is 2.36. The van der Waals surface area contributed by atoms with Crippen LogP contribution < -0.4 is 20.8 Å². The molecule has 1 heterocycles. The van der Waals surface area contributed by atoms with Gasteiger partial charge >= 0.3 is 0 Å². The quantitative estimate of drug-likeness (QED) is 0.412. The van der Waals surface area contributed by atoms with Crippen molar-refractivity contribution in [2.24, 2.45) is 10.8 Å². The Hall–Kier alpha value is -2.72. The second-order valence-electron chi connectivity index (χ2n) is 7.09. The van der Waals surface area contributed by atoms with Crippen molar-refractivity contribution in [1.29, 1.82) is 0 Å². The van der Waals surface area contributed by atoms with Gasteiger partial charge in [0, 0.05) is 10.4 Å². The van der Waals surface area contributed by atoms with Crippen LogP contribution >= 0.6 is 31.9 Å². The Bertz CT molecular complexity index is 1260. The van der Waals surface area contributed by atoms with Crippen LogP contribution in [0.25, 0.3) is 10.9 Å². The molecule has 0 aliphatic heterocycles. The summed E-state index contributed by atoms with van der Waals surface area (Å²) in [5.74, 6) is 0.738. The van der Waals surface area contributed by atoms with Crippen molar-refractivity contribution in [3.63, 3.8) is 0 Å². The normalized spacial score (nSPS) is 12.3. The molecular formula is C22H22Br2N4O4. The number of aromatic nitrogens is 2. The van der Waals surface area contributed by atoms with Gasteiger partial charge in [-0.3, -0.25) is 9.59 Å². The number of rotatable bonds is 8. The number of hydrogen-bond acceptors (Lipinski definition) is 6. The highest BCUT2D eigenvalue weighted by molar-refractivity contribution is 9.10. The molecule has 3 rings (SSSR count). The molecule has 10 heteroatoms. The summed E-state index contributed by atoms with van der Waals surface area (Å²) < 4.78 is 13.5. The number of nitrogens with zero attached hydrogens (tertiary/aromatic N) is 3. The van der Waals surface area contributed by atoms with E-state index in [9.17, 15) is 9.59 Å². The van der Waals surface area contributed by atoms with Crippen LogP contribution in [0.2, 0.25) is 0 Å². The fourth-order valence-electron chi connectivity index (χ4n) is 3.00. The molecule has 0 fully saturated rings. The number of nitrogens with two attached hydrogens (primary N) is 1. The van der Waals surface area contributed by atoms with E-state index in [0.29, 0.717) is 38.3 Å². The van der Waals surface area contributed by atoms with Gasteiger partial charge in [-0.25, -0.2) is 4.98 Å². The van der Waals surface area contributed by atoms with E-state index in [1.165, 1.54) is 11.8 Å². The van der Waals surface area contributed by atoms with Gasteiger partial charge in [-0.1, -0.05) is 29.8 Å². The van der Waals surface area contributed by atoms with Crippen LogP contribution in [0, 0.1) is 0 Å². The molecule has 0 spiro atoms. The third-order valence-corrected chi connectivity index (χ3v) is 5.90. The lowest BCUT2D eigenvalue weighted by atomic mass is 10.1. The molecule has 0 aliphatic carbocycles. The Labute approximate surface area is 201 Å². The lowest BCUT2D eigenvalue weighted by molar-refractivity contribution is -0.119. The Morgan fingerprint density at radius 3 is 2.72 bits per heavy atom. The van der Waals surface area contributed by atoms with E-state index in [2.05, 4.69) is 37.0 Å². The molecule has 0 bridgehead atoms. The number of amides is 1. The van der Waals surface area contributed by atoms with E-state index in [1.807, 2.05) is 26.0 Å². The highest BCUT2D eigenvalue weighted by atomic mass is 79.9. The number of methoxy groups -OCH3 is 1. The molecule has 0 saturated carbocycles. The van der Waals surface area contributed by atoms with Gasteiger partial charge in [-0.2, -0.15) is 9.78 Å². The number of halogens is 2. The third kappa shape index (κ3) is 5.18. The van der Waals surface area contributed by atoms with Gasteiger partial charge in [0.2, 0.25) is 0 Å². The molecular weight excluding hydrogens is 544 g/mol. The first kappa shape index (κ1) is 23.9. The van der Waals surface area contributed by atoms with Gasteiger partial charge in [0.25, 0.3) is 11.5 Å². The molecule has 3 aromatic rings. The molecule has 1 amide bonds. The molecule has 8 nitrogen and oxygen atoms in total. The van der Waals surface area contributed by atoms with E-state index in [0.717, 1.165) is 10.9 Å². The maximum Gasteiger partial charge on any atom is 0.282 e. The van der Waals surface area contributed by atoms with Crippen LogP contribution in [0.15, 0.2) is 49.2 Å². The van der Waals surface area contributed by atoms with Crippen LogP contribution in [0.3, 0.4) is 0 Å². The number of primary amides is 1. The van der Waals surface area contributed by atoms with Gasteiger partial charge in [-0.15, -0.1) is 0 Å². The predicted molar refractivity (Wildman–Crippen MR) is 131 cm³/mol.